The van der Waals surface area contributed by atoms with E-state index in [1.54, 1.807) is 6.07 Å². The van der Waals surface area contributed by atoms with Gasteiger partial charge in [0.15, 0.2) is 0 Å². The van der Waals surface area contributed by atoms with E-state index in [4.69, 9.17) is 4.74 Å². The summed E-state index contributed by atoms with van der Waals surface area (Å²) in [6.45, 7) is 0. The van der Waals surface area contributed by atoms with Crippen LogP contribution >= 0.6 is 22.6 Å². The van der Waals surface area contributed by atoms with Crippen LogP contribution in [0.25, 0.3) is 0 Å². The van der Waals surface area contributed by atoms with E-state index in [-0.39, 0.29) is 22.7 Å². The molecule has 0 fully saturated rings. The van der Waals surface area contributed by atoms with Crippen LogP contribution in [-0.2, 0) is 4.79 Å². The zero-order valence-corrected chi connectivity index (χ0v) is 15.7. The molecular weight excluding hydrogens is 451 g/mol. The maximum Gasteiger partial charge on any atom is 0.273 e. The van der Waals surface area contributed by atoms with E-state index in [0.717, 1.165) is 9.26 Å². The first-order chi connectivity index (χ1) is 12.4. The molecule has 2 N–H and O–H groups in total. The zero-order valence-electron chi connectivity index (χ0n) is 13.5. The molecule has 0 spiro atoms. The largest absolute Gasteiger partial charge is 0.494 e. The molecule has 26 heavy (non-hydrogen) atoms. The maximum absolute atomic E-state index is 12.3. The zero-order chi connectivity index (χ0) is 19.1. The summed E-state index contributed by atoms with van der Waals surface area (Å²) in [4.78, 5) is 22.5. The molecule has 0 aromatic heterocycles. The molecule has 8 nitrogen and oxygen atoms in total. The van der Waals surface area contributed by atoms with E-state index in [1.165, 1.54) is 31.5 Å². The number of carbonyl (C=O) groups excluding carboxylic acids is 1. The molecule has 2 aromatic carbocycles. The molecular formula is C17H13IN4O4. The molecule has 0 radical (unpaired) electrons. The number of nitriles is 1. The number of benzene rings is 2. The summed E-state index contributed by atoms with van der Waals surface area (Å²) in [6.07, 6.45) is 1.29. The minimum atomic E-state index is -0.669. The van der Waals surface area contributed by atoms with Crippen LogP contribution in [0.5, 0.6) is 5.75 Å². The molecule has 0 atom stereocenters. The smallest absolute Gasteiger partial charge is 0.273 e. The Hall–Kier alpha value is -3.13. The molecule has 1 amide bonds. The minimum Gasteiger partial charge on any atom is -0.494 e. The average Bonchev–Trinajstić information content (AvgIpc) is 2.63. The van der Waals surface area contributed by atoms with Crippen molar-refractivity contribution < 1.29 is 14.5 Å². The molecule has 0 heterocycles. The number of non-ortho nitro benzene ring substituents is 1. The Labute approximate surface area is 162 Å². The Balaban J connectivity index is 2.16. The number of carbonyl (C=O) groups is 1. The fourth-order valence-corrected chi connectivity index (χ4v) is 2.30. The molecule has 0 saturated heterocycles. The number of anilines is 2. The van der Waals surface area contributed by atoms with Crippen molar-refractivity contribution in [2.45, 2.75) is 0 Å². The van der Waals surface area contributed by atoms with E-state index < -0.39 is 10.8 Å². The molecule has 0 unspecified atom stereocenters. The number of ether oxygens (including phenoxy) is 1. The summed E-state index contributed by atoms with van der Waals surface area (Å²) >= 11 is 2.17. The topological polar surface area (TPSA) is 117 Å². The quantitative estimate of drug-likeness (QED) is 0.222. The number of nitro groups is 1. The first-order valence-corrected chi connectivity index (χ1v) is 8.28. The van der Waals surface area contributed by atoms with Crippen molar-refractivity contribution in [3.8, 4) is 11.8 Å². The second-order valence-corrected chi connectivity index (χ2v) is 6.16. The highest BCUT2D eigenvalue weighted by molar-refractivity contribution is 14.1. The van der Waals surface area contributed by atoms with Gasteiger partial charge >= 0.3 is 0 Å². The molecule has 0 bridgehead atoms. The van der Waals surface area contributed by atoms with Gasteiger partial charge in [0.2, 0.25) is 0 Å². The predicted octanol–water partition coefficient (Wildman–Crippen LogP) is 3.67. The number of nitro benzene ring substituents is 1. The second-order valence-electron chi connectivity index (χ2n) is 4.92. The van der Waals surface area contributed by atoms with Crippen molar-refractivity contribution >= 4 is 45.6 Å². The fraction of sp³-hybridized carbons (Fsp3) is 0.0588. The number of nitrogens with one attached hydrogen (secondary N) is 2. The highest BCUT2D eigenvalue weighted by Crippen LogP contribution is 2.29. The van der Waals surface area contributed by atoms with Crippen LogP contribution < -0.4 is 15.4 Å². The van der Waals surface area contributed by atoms with Gasteiger partial charge < -0.3 is 15.4 Å². The van der Waals surface area contributed by atoms with Crippen LogP contribution in [0.15, 0.2) is 54.2 Å². The number of amides is 1. The van der Waals surface area contributed by atoms with Gasteiger partial charge in [0.05, 0.1) is 23.8 Å². The summed E-state index contributed by atoms with van der Waals surface area (Å²) in [5, 5.41) is 25.4. The summed E-state index contributed by atoms with van der Waals surface area (Å²) in [6, 6.07) is 13.0. The van der Waals surface area contributed by atoms with Gasteiger partial charge in [0.25, 0.3) is 11.6 Å². The number of halogens is 1. The van der Waals surface area contributed by atoms with Crippen LogP contribution in [0, 0.1) is 25.0 Å². The molecule has 132 valence electrons. The summed E-state index contributed by atoms with van der Waals surface area (Å²) in [5.41, 5.74) is 0.609. The Morgan fingerprint density at radius 3 is 2.58 bits per heavy atom. The van der Waals surface area contributed by atoms with Gasteiger partial charge in [-0.05, 0) is 52.9 Å². The van der Waals surface area contributed by atoms with Gasteiger partial charge in [-0.3, -0.25) is 14.9 Å². The van der Waals surface area contributed by atoms with Gasteiger partial charge in [0, 0.05) is 21.5 Å². The van der Waals surface area contributed by atoms with Crippen molar-refractivity contribution in [3.63, 3.8) is 0 Å². The van der Waals surface area contributed by atoms with Gasteiger partial charge in [0.1, 0.15) is 17.4 Å². The van der Waals surface area contributed by atoms with Crippen LogP contribution in [0.3, 0.4) is 0 Å². The highest BCUT2D eigenvalue weighted by atomic mass is 127. The molecule has 2 rings (SSSR count). The maximum atomic E-state index is 12.3. The predicted molar refractivity (Wildman–Crippen MR) is 105 cm³/mol. The standard InChI is InChI=1S/C17H13IN4O4/c1-26-16-8-14(22(24)25)6-7-15(16)21-17(23)11(9-19)10-20-13-4-2-12(18)3-5-13/h2-8,10,20H,1H3,(H,21,23)/b11-10-. The van der Waals surface area contributed by atoms with Gasteiger partial charge in [-0.15, -0.1) is 0 Å². The van der Waals surface area contributed by atoms with Gasteiger partial charge in [-0.25, -0.2) is 0 Å². The first kappa shape index (κ1) is 19.2. The van der Waals surface area contributed by atoms with Crippen LogP contribution in [0.2, 0.25) is 0 Å². The lowest BCUT2D eigenvalue weighted by atomic mass is 10.2. The van der Waals surface area contributed by atoms with Gasteiger partial charge in [-0.1, -0.05) is 0 Å². The van der Waals surface area contributed by atoms with Crippen LogP contribution in [0.1, 0.15) is 0 Å². The monoisotopic (exact) mass is 464 g/mol. The van der Waals surface area contributed by atoms with E-state index in [2.05, 4.69) is 33.2 Å². The highest BCUT2D eigenvalue weighted by Gasteiger charge is 2.15. The molecule has 0 saturated carbocycles. The third kappa shape index (κ3) is 4.93. The molecule has 0 aliphatic rings. The van der Waals surface area contributed by atoms with Crippen LogP contribution in [-0.4, -0.2) is 17.9 Å². The Morgan fingerprint density at radius 1 is 1.31 bits per heavy atom. The Morgan fingerprint density at radius 2 is 2.00 bits per heavy atom. The second kappa shape index (κ2) is 8.82. The fourth-order valence-electron chi connectivity index (χ4n) is 1.94. The van der Waals surface area contributed by atoms with Crippen molar-refractivity contribution in [1.82, 2.24) is 0 Å². The molecule has 2 aromatic rings. The van der Waals surface area contributed by atoms with Crippen molar-refractivity contribution in [1.29, 1.82) is 5.26 Å². The first-order valence-electron chi connectivity index (χ1n) is 7.20. The molecule has 0 aliphatic heterocycles. The lowest BCUT2D eigenvalue weighted by molar-refractivity contribution is -0.384. The lowest BCUT2D eigenvalue weighted by Crippen LogP contribution is -2.15. The third-order valence-corrected chi connectivity index (χ3v) is 3.96. The van der Waals surface area contributed by atoms with Crippen molar-refractivity contribution in [3.05, 3.63) is 67.9 Å². The van der Waals surface area contributed by atoms with E-state index in [0.29, 0.717) is 0 Å². The summed E-state index contributed by atoms with van der Waals surface area (Å²) in [7, 11) is 1.33. The number of hydrogen-bond acceptors (Lipinski definition) is 6. The molecule has 0 aliphatic carbocycles. The lowest BCUT2D eigenvalue weighted by Gasteiger charge is -2.09. The summed E-state index contributed by atoms with van der Waals surface area (Å²) in [5.74, 6) is -0.548. The normalized spacial score (nSPS) is 10.6. The SMILES string of the molecule is COc1cc([N+](=O)[O-])ccc1NC(=O)/C(C#N)=C\Nc1ccc(I)cc1. The minimum absolute atomic E-state index is 0.121. The van der Waals surface area contributed by atoms with E-state index >= 15 is 0 Å². The van der Waals surface area contributed by atoms with E-state index in [1.807, 2.05) is 24.3 Å². The molecule has 9 heteroatoms. The Bertz CT molecular complexity index is 904. The Kier molecular flexibility index (Phi) is 6.51. The number of hydrogen-bond donors (Lipinski definition) is 2. The number of nitrogens with zero attached hydrogens (tertiary/aromatic N) is 2. The number of rotatable bonds is 6. The summed E-state index contributed by atoms with van der Waals surface area (Å²) < 4.78 is 6.11. The average molecular weight is 464 g/mol. The van der Waals surface area contributed by atoms with Gasteiger partial charge in [-0.2, -0.15) is 5.26 Å². The van der Waals surface area contributed by atoms with Crippen molar-refractivity contribution in [2.75, 3.05) is 17.7 Å². The number of methoxy groups -OCH3 is 1. The van der Waals surface area contributed by atoms with E-state index in [9.17, 15) is 20.2 Å². The van der Waals surface area contributed by atoms with Crippen LogP contribution in [0.4, 0.5) is 17.1 Å². The third-order valence-electron chi connectivity index (χ3n) is 3.24. The van der Waals surface area contributed by atoms with Crippen molar-refractivity contribution in [2.24, 2.45) is 0 Å².